The van der Waals surface area contributed by atoms with Crippen molar-refractivity contribution in [1.29, 1.82) is 0 Å². The molecule has 0 amide bonds. The lowest BCUT2D eigenvalue weighted by molar-refractivity contribution is 0.0994. The van der Waals surface area contributed by atoms with Crippen LogP contribution in [0.25, 0.3) is 0 Å². The standard InChI is InChI=1S/C11H11BrO/c1-6-5-8-3-4-9(13)10(8)7(2)11(6)12/h5H,3-4H2,1-2H3. The quantitative estimate of drug-likeness (QED) is 0.679. The first-order chi connectivity index (χ1) is 6.11. The molecule has 1 aromatic rings. The van der Waals surface area contributed by atoms with Crippen LogP contribution < -0.4 is 0 Å². The number of halogens is 1. The third-order valence-electron chi connectivity index (χ3n) is 2.66. The highest BCUT2D eigenvalue weighted by Gasteiger charge is 2.23. The predicted molar refractivity (Wildman–Crippen MR) is 56.3 cm³/mol. The minimum atomic E-state index is 0.299. The summed E-state index contributed by atoms with van der Waals surface area (Å²) in [7, 11) is 0. The van der Waals surface area contributed by atoms with Gasteiger partial charge in [0, 0.05) is 16.5 Å². The van der Waals surface area contributed by atoms with Gasteiger partial charge < -0.3 is 0 Å². The van der Waals surface area contributed by atoms with Gasteiger partial charge in [-0.2, -0.15) is 0 Å². The second kappa shape index (κ2) is 2.95. The third kappa shape index (κ3) is 1.24. The molecule has 1 aliphatic rings. The van der Waals surface area contributed by atoms with Gasteiger partial charge in [-0.05, 0) is 37.0 Å². The number of ketones is 1. The Morgan fingerprint density at radius 2 is 2.00 bits per heavy atom. The lowest BCUT2D eigenvalue weighted by Crippen LogP contribution is -1.97. The van der Waals surface area contributed by atoms with Gasteiger partial charge in [-0.3, -0.25) is 4.79 Å². The van der Waals surface area contributed by atoms with Crippen LogP contribution in [0.15, 0.2) is 10.5 Å². The molecule has 0 saturated heterocycles. The predicted octanol–water partition coefficient (Wildman–Crippen LogP) is 3.19. The molecule has 0 fully saturated rings. The molecular weight excluding hydrogens is 228 g/mol. The fraction of sp³-hybridized carbons (Fsp3) is 0.364. The second-order valence-corrected chi connectivity index (χ2v) is 4.38. The molecule has 0 radical (unpaired) electrons. The van der Waals surface area contributed by atoms with Crippen LogP contribution in [0.2, 0.25) is 0 Å². The number of fused-ring (bicyclic) bond motifs is 1. The number of carbonyl (C=O) groups is 1. The van der Waals surface area contributed by atoms with Crippen molar-refractivity contribution in [3.05, 3.63) is 32.8 Å². The molecule has 0 atom stereocenters. The Morgan fingerprint density at radius 3 is 2.69 bits per heavy atom. The van der Waals surface area contributed by atoms with Crippen molar-refractivity contribution in [1.82, 2.24) is 0 Å². The number of aryl methyl sites for hydroxylation is 2. The highest BCUT2D eigenvalue weighted by molar-refractivity contribution is 9.10. The largest absolute Gasteiger partial charge is 0.294 e. The van der Waals surface area contributed by atoms with E-state index < -0.39 is 0 Å². The van der Waals surface area contributed by atoms with E-state index in [1.807, 2.05) is 6.92 Å². The highest BCUT2D eigenvalue weighted by Crippen LogP contribution is 2.32. The fourth-order valence-electron chi connectivity index (χ4n) is 2.00. The molecule has 0 saturated carbocycles. The van der Waals surface area contributed by atoms with Crippen LogP contribution in [-0.4, -0.2) is 5.78 Å². The van der Waals surface area contributed by atoms with Crippen molar-refractivity contribution in [3.8, 4) is 0 Å². The topological polar surface area (TPSA) is 17.1 Å². The van der Waals surface area contributed by atoms with Gasteiger partial charge in [0.1, 0.15) is 0 Å². The average Bonchev–Trinajstić information content (AvgIpc) is 2.43. The van der Waals surface area contributed by atoms with Crippen molar-refractivity contribution in [3.63, 3.8) is 0 Å². The molecule has 1 aromatic carbocycles. The van der Waals surface area contributed by atoms with E-state index in [9.17, 15) is 4.79 Å². The number of rotatable bonds is 0. The van der Waals surface area contributed by atoms with Crippen molar-refractivity contribution in [2.75, 3.05) is 0 Å². The first kappa shape index (κ1) is 8.95. The van der Waals surface area contributed by atoms with Gasteiger partial charge in [0.2, 0.25) is 0 Å². The van der Waals surface area contributed by atoms with Crippen LogP contribution in [0.5, 0.6) is 0 Å². The summed E-state index contributed by atoms with van der Waals surface area (Å²) in [5.41, 5.74) is 4.52. The lowest BCUT2D eigenvalue weighted by atomic mass is 10.0. The summed E-state index contributed by atoms with van der Waals surface area (Å²) in [6.07, 6.45) is 1.61. The molecule has 1 nitrogen and oxygen atoms in total. The molecule has 0 unspecified atom stereocenters. The van der Waals surface area contributed by atoms with Crippen molar-refractivity contribution in [2.45, 2.75) is 26.7 Å². The van der Waals surface area contributed by atoms with E-state index in [-0.39, 0.29) is 0 Å². The monoisotopic (exact) mass is 238 g/mol. The zero-order chi connectivity index (χ0) is 9.59. The van der Waals surface area contributed by atoms with Gasteiger partial charge in [-0.15, -0.1) is 0 Å². The Balaban J connectivity index is 2.75. The molecule has 0 N–H and O–H groups in total. The molecular formula is C11H11BrO. The van der Waals surface area contributed by atoms with Crippen LogP contribution >= 0.6 is 15.9 Å². The van der Waals surface area contributed by atoms with Crippen molar-refractivity contribution < 1.29 is 4.79 Å². The molecule has 68 valence electrons. The van der Waals surface area contributed by atoms with Gasteiger partial charge in [-0.25, -0.2) is 0 Å². The van der Waals surface area contributed by atoms with Crippen molar-refractivity contribution in [2.24, 2.45) is 0 Å². The molecule has 0 aliphatic heterocycles. The Hall–Kier alpha value is -0.630. The van der Waals surface area contributed by atoms with Crippen LogP contribution in [0.4, 0.5) is 0 Å². The SMILES string of the molecule is Cc1cc2c(c(C)c1Br)C(=O)CC2. The first-order valence-electron chi connectivity index (χ1n) is 4.43. The van der Waals surface area contributed by atoms with E-state index in [0.29, 0.717) is 12.2 Å². The minimum absolute atomic E-state index is 0.299. The lowest BCUT2D eigenvalue weighted by Gasteiger charge is -2.08. The summed E-state index contributed by atoms with van der Waals surface area (Å²) < 4.78 is 1.08. The molecule has 1 aliphatic carbocycles. The number of carbonyl (C=O) groups excluding carboxylic acids is 1. The Bertz CT molecular complexity index is 394. The fourth-order valence-corrected chi connectivity index (χ4v) is 2.31. The minimum Gasteiger partial charge on any atom is -0.294 e. The maximum absolute atomic E-state index is 11.5. The van der Waals surface area contributed by atoms with E-state index in [2.05, 4.69) is 28.9 Å². The summed E-state index contributed by atoms with van der Waals surface area (Å²) in [6.45, 7) is 4.08. The highest BCUT2D eigenvalue weighted by atomic mass is 79.9. The average molecular weight is 239 g/mol. The maximum atomic E-state index is 11.5. The van der Waals surface area contributed by atoms with Crippen LogP contribution in [0.1, 0.15) is 33.5 Å². The number of hydrogen-bond acceptors (Lipinski definition) is 1. The molecule has 0 bridgehead atoms. The second-order valence-electron chi connectivity index (χ2n) is 3.59. The zero-order valence-electron chi connectivity index (χ0n) is 7.78. The first-order valence-corrected chi connectivity index (χ1v) is 5.22. The maximum Gasteiger partial charge on any atom is 0.163 e. The van der Waals surface area contributed by atoms with Gasteiger partial charge >= 0.3 is 0 Å². The third-order valence-corrected chi connectivity index (χ3v) is 3.88. The summed E-state index contributed by atoms with van der Waals surface area (Å²) in [5, 5.41) is 0. The van der Waals surface area contributed by atoms with Crippen LogP contribution in [0, 0.1) is 13.8 Å². The van der Waals surface area contributed by atoms with Gasteiger partial charge in [0.05, 0.1) is 0 Å². The molecule has 13 heavy (non-hydrogen) atoms. The van der Waals surface area contributed by atoms with E-state index in [4.69, 9.17) is 0 Å². The number of hydrogen-bond donors (Lipinski definition) is 0. The van der Waals surface area contributed by atoms with Crippen LogP contribution in [-0.2, 0) is 6.42 Å². The summed E-state index contributed by atoms with van der Waals surface area (Å²) in [4.78, 5) is 11.5. The Kier molecular flexibility index (Phi) is 2.03. The molecule has 0 spiro atoms. The number of benzene rings is 1. The summed E-state index contributed by atoms with van der Waals surface area (Å²) in [5.74, 6) is 0.299. The Labute approximate surface area is 86.3 Å². The van der Waals surface area contributed by atoms with E-state index in [1.165, 1.54) is 11.1 Å². The van der Waals surface area contributed by atoms with E-state index >= 15 is 0 Å². The number of Topliss-reactive ketones (excluding diaryl/α,β-unsaturated/α-hetero) is 1. The summed E-state index contributed by atoms with van der Waals surface area (Å²) in [6, 6.07) is 2.12. The molecule has 0 aromatic heterocycles. The van der Waals surface area contributed by atoms with Crippen LogP contribution in [0.3, 0.4) is 0 Å². The summed E-state index contributed by atoms with van der Waals surface area (Å²) >= 11 is 3.51. The molecule has 0 heterocycles. The smallest absolute Gasteiger partial charge is 0.163 e. The van der Waals surface area contributed by atoms with Gasteiger partial charge in [-0.1, -0.05) is 22.0 Å². The van der Waals surface area contributed by atoms with E-state index in [1.54, 1.807) is 0 Å². The zero-order valence-corrected chi connectivity index (χ0v) is 9.36. The molecule has 2 heteroatoms. The van der Waals surface area contributed by atoms with E-state index in [0.717, 1.165) is 22.0 Å². The Morgan fingerprint density at radius 1 is 1.31 bits per heavy atom. The van der Waals surface area contributed by atoms with Gasteiger partial charge in [0.25, 0.3) is 0 Å². The normalized spacial score (nSPS) is 14.8. The molecule has 2 rings (SSSR count). The van der Waals surface area contributed by atoms with Gasteiger partial charge in [0.15, 0.2) is 5.78 Å². The van der Waals surface area contributed by atoms with Crippen molar-refractivity contribution >= 4 is 21.7 Å².